The van der Waals surface area contributed by atoms with Gasteiger partial charge in [0.1, 0.15) is 21.7 Å². The van der Waals surface area contributed by atoms with E-state index in [-0.39, 0.29) is 36.1 Å². The van der Waals surface area contributed by atoms with Gasteiger partial charge >= 0.3 is 0 Å². The third kappa shape index (κ3) is 3.62. The summed E-state index contributed by atoms with van der Waals surface area (Å²) in [5.41, 5.74) is 1.52. The third-order valence-corrected chi connectivity index (χ3v) is 7.18. The molecule has 146 valence electrons. The molecule has 0 spiro atoms. The smallest absolute Gasteiger partial charge is 0.245 e. The minimum Gasteiger partial charge on any atom is -0.340 e. The Bertz CT molecular complexity index is 1120. The molecule has 4 rings (SSSR count). The van der Waals surface area contributed by atoms with E-state index in [0.29, 0.717) is 29.7 Å². The van der Waals surface area contributed by atoms with Gasteiger partial charge in [-0.2, -0.15) is 13.1 Å². The van der Waals surface area contributed by atoms with E-state index in [1.165, 1.54) is 22.5 Å². The summed E-state index contributed by atoms with van der Waals surface area (Å²) in [5.74, 6) is -0.527. The minimum atomic E-state index is -3.72. The predicted octanol–water partition coefficient (Wildman–Crippen LogP) is 1.91. The van der Waals surface area contributed by atoms with Crippen LogP contribution in [-0.2, 0) is 21.2 Å². The van der Waals surface area contributed by atoms with Gasteiger partial charge in [-0.25, -0.2) is 12.8 Å². The van der Waals surface area contributed by atoms with Crippen LogP contribution >= 0.6 is 11.7 Å². The molecule has 0 radical (unpaired) electrons. The molecule has 1 saturated heterocycles. The van der Waals surface area contributed by atoms with Gasteiger partial charge in [-0.3, -0.25) is 4.79 Å². The minimum absolute atomic E-state index is 0.0916. The number of hydrogen-bond donors (Lipinski definition) is 0. The lowest BCUT2D eigenvalue weighted by Crippen LogP contribution is -2.50. The van der Waals surface area contributed by atoms with E-state index in [4.69, 9.17) is 0 Å². The number of piperazine rings is 1. The molecule has 1 aromatic heterocycles. The summed E-state index contributed by atoms with van der Waals surface area (Å²) < 4.78 is 48.9. The Hall–Kier alpha value is -2.43. The average molecular weight is 420 g/mol. The van der Waals surface area contributed by atoms with Crippen LogP contribution < -0.4 is 0 Å². The number of rotatable bonds is 4. The summed E-state index contributed by atoms with van der Waals surface area (Å²) >= 11 is 0.973. The fraction of sp³-hybridized carbons (Fsp3) is 0.278. The molecule has 2 heterocycles. The Balaban J connectivity index is 1.45. The van der Waals surface area contributed by atoms with E-state index < -0.39 is 10.0 Å². The molecule has 0 saturated carbocycles. The number of carbonyl (C=O) groups excluding carboxylic acids is 1. The highest BCUT2D eigenvalue weighted by molar-refractivity contribution is 7.89. The van der Waals surface area contributed by atoms with Crippen molar-refractivity contribution in [3.63, 3.8) is 0 Å². The van der Waals surface area contributed by atoms with E-state index in [2.05, 4.69) is 8.75 Å². The highest BCUT2D eigenvalue weighted by atomic mass is 32.2. The second kappa shape index (κ2) is 7.53. The zero-order chi connectivity index (χ0) is 19.7. The van der Waals surface area contributed by atoms with Crippen LogP contribution in [-0.4, -0.2) is 58.5 Å². The largest absolute Gasteiger partial charge is 0.340 e. The van der Waals surface area contributed by atoms with E-state index in [1.807, 2.05) is 0 Å². The molecule has 0 aliphatic carbocycles. The first-order valence-corrected chi connectivity index (χ1v) is 10.9. The Labute approximate surface area is 165 Å². The number of aromatic nitrogens is 2. The fourth-order valence-electron chi connectivity index (χ4n) is 3.24. The van der Waals surface area contributed by atoms with E-state index >= 15 is 0 Å². The molecule has 0 atom stereocenters. The van der Waals surface area contributed by atoms with Crippen LogP contribution in [0.25, 0.3) is 11.0 Å². The van der Waals surface area contributed by atoms with Gasteiger partial charge in [0.15, 0.2) is 0 Å². The molecule has 28 heavy (non-hydrogen) atoms. The first kappa shape index (κ1) is 18.9. The molecule has 0 bridgehead atoms. The van der Waals surface area contributed by atoms with Gasteiger partial charge in [-0.1, -0.05) is 18.2 Å². The van der Waals surface area contributed by atoms with Crippen LogP contribution in [0.5, 0.6) is 0 Å². The summed E-state index contributed by atoms with van der Waals surface area (Å²) in [6, 6.07) is 10.8. The van der Waals surface area contributed by atoms with Crippen molar-refractivity contribution in [3.05, 3.63) is 53.8 Å². The monoisotopic (exact) mass is 420 g/mol. The summed E-state index contributed by atoms with van der Waals surface area (Å²) in [4.78, 5) is 14.2. The highest BCUT2D eigenvalue weighted by Crippen LogP contribution is 2.25. The Kier molecular flexibility index (Phi) is 5.09. The highest BCUT2D eigenvalue weighted by Gasteiger charge is 2.31. The van der Waals surface area contributed by atoms with Crippen LogP contribution in [0.3, 0.4) is 0 Å². The number of amides is 1. The van der Waals surface area contributed by atoms with Crippen LogP contribution in [0, 0.1) is 5.82 Å². The molecule has 1 aliphatic heterocycles. The lowest BCUT2D eigenvalue weighted by molar-refractivity contribution is -0.131. The van der Waals surface area contributed by atoms with Gasteiger partial charge in [0.05, 0.1) is 18.1 Å². The topological polar surface area (TPSA) is 83.5 Å². The quantitative estimate of drug-likeness (QED) is 0.644. The van der Waals surface area contributed by atoms with Crippen LogP contribution in [0.15, 0.2) is 47.4 Å². The molecular weight excluding hydrogens is 403 g/mol. The van der Waals surface area contributed by atoms with Crippen LogP contribution in [0.4, 0.5) is 4.39 Å². The molecule has 0 N–H and O–H groups in total. The zero-order valence-corrected chi connectivity index (χ0v) is 16.4. The average Bonchev–Trinajstić information content (AvgIpc) is 3.17. The maximum absolute atomic E-state index is 13.3. The Morgan fingerprint density at radius 1 is 1.07 bits per heavy atom. The van der Waals surface area contributed by atoms with Crippen LogP contribution in [0.1, 0.15) is 5.56 Å². The fourth-order valence-corrected chi connectivity index (χ4v) is 5.41. The molecule has 3 aromatic rings. The van der Waals surface area contributed by atoms with Crippen molar-refractivity contribution < 1.29 is 17.6 Å². The van der Waals surface area contributed by atoms with Crippen molar-refractivity contribution in [2.24, 2.45) is 0 Å². The Morgan fingerprint density at radius 2 is 1.82 bits per heavy atom. The lowest BCUT2D eigenvalue weighted by atomic mass is 10.1. The summed E-state index contributed by atoms with van der Waals surface area (Å²) in [7, 11) is -3.72. The number of benzene rings is 2. The van der Waals surface area contributed by atoms with Crippen molar-refractivity contribution in [3.8, 4) is 0 Å². The second-order valence-corrected chi connectivity index (χ2v) is 8.91. The normalized spacial score (nSPS) is 15.8. The standard InChI is InChI=1S/C18H17FN4O3S2/c19-14-4-1-3-13(11-14)12-17(24)22-7-9-23(10-8-22)28(25,26)16-6-2-5-15-18(16)21-27-20-15/h1-6,11H,7-10,12H2. The number of halogens is 1. The van der Waals surface area contributed by atoms with Gasteiger partial charge in [0.25, 0.3) is 0 Å². The number of fused-ring (bicyclic) bond motifs is 1. The lowest BCUT2D eigenvalue weighted by Gasteiger charge is -2.34. The zero-order valence-electron chi connectivity index (χ0n) is 14.8. The second-order valence-electron chi connectivity index (χ2n) is 6.48. The number of hydrogen-bond acceptors (Lipinski definition) is 6. The third-order valence-electron chi connectivity index (χ3n) is 4.70. The molecule has 0 unspecified atom stereocenters. The van der Waals surface area contributed by atoms with E-state index in [9.17, 15) is 17.6 Å². The van der Waals surface area contributed by atoms with Crippen LogP contribution in [0.2, 0.25) is 0 Å². The van der Waals surface area contributed by atoms with Crippen molar-refractivity contribution in [1.29, 1.82) is 0 Å². The molecule has 1 fully saturated rings. The first-order chi connectivity index (χ1) is 13.4. The summed E-state index contributed by atoms with van der Waals surface area (Å²) in [5, 5.41) is 0. The Morgan fingerprint density at radius 3 is 2.57 bits per heavy atom. The molecule has 1 aliphatic rings. The predicted molar refractivity (Wildman–Crippen MR) is 103 cm³/mol. The van der Waals surface area contributed by atoms with Gasteiger partial charge < -0.3 is 4.90 Å². The van der Waals surface area contributed by atoms with Gasteiger partial charge in [-0.05, 0) is 29.8 Å². The van der Waals surface area contributed by atoms with Crippen molar-refractivity contribution in [2.45, 2.75) is 11.3 Å². The number of nitrogens with zero attached hydrogens (tertiary/aromatic N) is 4. The number of sulfonamides is 1. The summed E-state index contributed by atoms with van der Waals surface area (Å²) in [6.45, 7) is 0.980. The maximum Gasteiger partial charge on any atom is 0.245 e. The van der Waals surface area contributed by atoms with E-state index in [0.717, 1.165) is 11.7 Å². The van der Waals surface area contributed by atoms with Gasteiger partial charge in [-0.15, -0.1) is 0 Å². The molecule has 10 heteroatoms. The van der Waals surface area contributed by atoms with Crippen molar-refractivity contribution in [2.75, 3.05) is 26.2 Å². The first-order valence-electron chi connectivity index (χ1n) is 8.69. The van der Waals surface area contributed by atoms with Crippen molar-refractivity contribution in [1.82, 2.24) is 18.0 Å². The maximum atomic E-state index is 13.3. The molecule has 7 nitrogen and oxygen atoms in total. The van der Waals surface area contributed by atoms with Gasteiger partial charge in [0.2, 0.25) is 15.9 Å². The molecule has 1 amide bonds. The summed E-state index contributed by atoms with van der Waals surface area (Å²) in [6.07, 6.45) is 0.0916. The van der Waals surface area contributed by atoms with Gasteiger partial charge in [0, 0.05) is 26.2 Å². The number of carbonyl (C=O) groups is 1. The molecular formula is C18H17FN4O3S2. The SMILES string of the molecule is O=C(Cc1cccc(F)c1)N1CCN(S(=O)(=O)c2cccc3nsnc23)CC1. The van der Waals surface area contributed by atoms with Crippen molar-refractivity contribution >= 4 is 38.7 Å². The molecule has 2 aromatic carbocycles. The van der Waals surface area contributed by atoms with E-state index in [1.54, 1.807) is 29.2 Å².